The average molecular weight is 288 g/mol. The molecule has 1 aliphatic heterocycles. The lowest BCUT2D eigenvalue weighted by molar-refractivity contribution is -0.117. The van der Waals surface area contributed by atoms with E-state index in [1.54, 1.807) is 17.9 Å². The molecule has 2 rings (SSSR count). The zero-order valence-corrected chi connectivity index (χ0v) is 12.1. The Morgan fingerprint density at radius 3 is 2.71 bits per heavy atom. The number of nitrogens with one attached hydrogen (secondary N) is 1. The Kier molecular flexibility index (Phi) is 5.11. The molecule has 0 saturated carbocycles. The molecule has 1 aliphatic rings. The van der Waals surface area contributed by atoms with Crippen molar-refractivity contribution >= 4 is 23.6 Å². The van der Waals surface area contributed by atoms with E-state index < -0.39 is 6.10 Å². The Morgan fingerprint density at radius 2 is 2.14 bits per heavy atom. The SMILES string of the molecule is CC(O)CNC(=O)/C=C/c1ccc(N2CCCC2=O)cc1. The fraction of sp³-hybridized carbons (Fsp3) is 0.375. The molecule has 1 unspecified atom stereocenters. The van der Waals surface area contributed by atoms with Crippen LogP contribution < -0.4 is 10.2 Å². The standard InChI is InChI=1S/C16H20N2O3/c1-12(19)11-17-15(20)9-6-13-4-7-14(8-5-13)18-10-2-3-16(18)21/h4-9,12,19H,2-3,10-11H2,1H3,(H,17,20)/b9-6+. The highest BCUT2D eigenvalue weighted by Gasteiger charge is 2.21. The summed E-state index contributed by atoms with van der Waals surface area (Å²) in [5, 5.41) is 11.7. The minimum absolute atomic E-state index is 0.163. The smallest absolute Gasteiger partial charge is 0.244 e. The summed E-state index contributed by atoms with van der Waals surface area (Å²) in [7, 11) is 0. The van der Waals surface area contributed by atoms with Crippen LogP contribution in [0.25, 0.3) is 6.08 Å². The predicted octanol–water partition coefficient (Wildman–Crippen LogP) is 1.32. The van der Waals surface area contributed by atoms with E-state index in [1.165, 1.54) is 6.08 Å². The van der Waals surface area contributed by atoms with Crippen molar-refractivity contribution in [3.05, 3.63) is 35.9 Å². The van der Waals surface area contributed by atoms with Crippen LogP contribution in [0.15, 0.2) is 30.3 Å². The number of carbonyl (C=O) groups is 2. The lowest BCUT2D eigenvalue weighted by atomic mass is 10.2. The highest BCUT2D eigenvalue weighted by Crippen LogP contribution is 2.21. The van der Waals surface area contributed by atoms with Crippen molar-refractivity contribution in [2.45, 2.75) is 25.9 Å². The van der Waals surface area contributed by atoms with Crippen LogP contribution in [-0.2, 0) is 9.59 Å². The summed E-state index contributed by atoms with van der Waals surface area (Å²) < 4.78 is 0. The van der Waals surface area contributed by atoms with Crippen LogP contribution in [0.5, 0.6) is 0 Å². The molecule has 21 heavy (non-hydrogen) atoms. The maximum atomic E-state index is 11.6. The Labute approximate surface area is 124 Å². The van der Waals surface area contributed by atoms with Crippen molar-refractivity contribution in [2.75, 3.05) is 18.0 Å². The first-order valence-electron chi connectivity index (χ1n) is 7.10. The van der Waals surface area contributed by atoms with E-state index in [2.05, 4.69) is 5.32 Å². The van der Waals surface area contributed by atoms with Crippen LogP contribution in [0.1, 0.15) is 25.3 Å². The highest BCUT2D eigenvalue weighted by atomic mass is 16.3. The number of aliphatic hydroxyl groups excluding tert-OH is 1. The Hall–Kier alpha value is -2.14. The summed E-state index contributed by atoms with van der Waals surface area (Å²) in [6, 6.07) is 7.52. The molecule has 5 heteroatoms. The lowest BCUT2D eigenvalue weighted by Crippen LogP contribution is -2.28. The molecule has 0 spiro atoms. The van der Waals surface area contributed by atoms with Gasteiger partial charge >= 0.3 is 0 Å². The molecule has 2 amide bonds. The Balaban J connectivity index is 1.93. The zero-order chi connectivity index (χ0) is 15.2. The summed E-state index contributed by atoms with van der Waals surface area (Å²) in [5.74, 6) is -0.0782. The molecule has 1 aromatic carbocycles. The van der Waals surface area contributed by atoms with Gasteiger partial charge in [-0.2, -0.15) is 0 Å². The summed E-state index contributed by atoms with van der Waals surface area (Å²) in [5.41, 5.74) is 1.78. The van der Waals surface area contributed by atoms with Gasteiger partial charge in [0.2, 0.25) is 11.8 Å². The van der Waals surface area contributed by atoms with Crippen molar-refractivity contribution in [1.82, 2.24) is 5.32 Å². The number of rotatable bonds is 5. The molecule has 1 fully saturated rings. The third-order valence-corrected chi connectivity index (χ3v) is 3.28. The van der Waals surface area contributed by atoms with Gasteiger partial charge in [-0.3, -0.25) is 9.59 Å². The van der Waals surface area contributed by atoms with Gasteiger partial charge in [0, 0.05) is 31.3 Å². The molecule has 0 bridgehead atoms. The maximum absolute atomic E-state index is 11.6. The number of nitrogens with zero attached hydrogens (tertiary/aromatic N) is 1. The van der Waals surface area contributed by atoms with Gasteiger partial charge in [0.05, 0.1) is 6.10 Å². The Morgan fingerprint density at radius 1 is 1.43 bits per heavy atom. The topological polar surface area (TPSA) is 69.6 Å². The first kappa shape index (κ1) is 15.3. The van der Waals surface area contributed by atoms with Gasteiger partial charge in [-0.05, 0) is 37.1 Å². The highest BCUT2D eigenvalue weighted by molar-refractivity contribution is 5.95. The lowest BCUT2D eigenvalue weighted by Gasteiger charge is -2.15. The molecular weight excluding hydrogens is 268 g/mol. The minimum atomic E-state index is -0.556. The third-order valence-electron chi connectivity index (χ3n) is 3.28. The van der Waals surface area contributed by atoms with Crippen molar-refractivity contribution < 1.29 is 14.7 Å². The summed E-state index contributed by atoms with van der Waals surface area (Å²) in [6.45, 7) is 2.62. The van der Waals surface area contributed by atoms with Crippen molar-refractivity contribution in [2.24, 2.45) is 0 Å². The maximum Gasteiger partial charge on any atom is 0.244 e. The predicted molar refractivity (Wildman–Crippen MR) is 81.8 cm³/mol. The molecule has 5 nitrogen and oxygen atoms in total. The number of amides is 2. The first-order valence-corrected chi connectivity index (χ1v) is 7.10. The summed E-state index contributed by atoms with van der Waals surface area (Å²) >= 11 is 0. The fourth-order valence-electron chi connectivity index (χ4n) is 2.17. The number of carbonyl (C=O) groups excluding carboxylic acids is 2. The second-order valence-electron chi connectivity index (χ2n) is 5.17. The number of hydrogen-bond acceptors (Lipinski definition) is 3. The largest absolute Gasteiger partial charge is 0.392 e. The quantitative estimate of drug-likeness (QED) is 0.803. The molecule has 1 saturated heterocycles. The fourth-order valence-corrected chi connectivity index (χ4v) is 2.17. The monoisotopic (exact) mass is 288 g/mol. The van der Waals surface area contributed by atoms with Crippen molar-refractivity contribution in [1.29, 1.82) is 0 Å². The van der Waals surface area contributed by atoms with Crippen LogP contribution in [0.3, 0.4) is 0 Å². The number of benzene rings is 1. The number of hydrogen-bond donors (Lipinski definition) is 2. The van der Waals surface area contributed by atoms with Gasteiger partial charge in [-0.15, -0.1) is 0 Å². The van der Waals surface area contributed by atoms with Crippen LogP contribution in [0, 0.1) is 0 Å². The second-order valence-corrected chi connectivity index (χ2v) is 5.17. The molecule has 0 radical (unpaired) electrons. The van der Waals surface area contributed by atoms with E-state index in [0.29, 0.717) is 6.42 Å². The molecule has 0 aliphatic carbocycles. The summed E-state index contributed by atoms with van der Waals surface area (Å²) in [4.78, 5) is 24.9. The molecular formula is C16H20N2O3. The van der Waals surface area contributed by atoms with Crippen molar-refractivity contribution in [3.8, 4) is 0 Å². The molecule has 0 aromatic heterocycles. The van der Waals surface area contributed by atoms with Crippen LogP contribution >= 0.6 is 0 Å². The normalized spacial score (nSPS) is 16.5. The second kappa shape index (κ2) is 7.04. The van der Waals surface area contributed by atoms with Gasteiger partial charge < -0.3 is 15.3 Å². The van der Waals surface area contributed by atoms with E-state index in [1.807, 2.05) is 24.3 Å². The van der Waals surface area contributed by atoms with Crippen LogP contribution in [0.4, 0.5) is 5.69 Å². The molecule has 1 atom stereocenters. The van der Waals surface area contributed by atoms with Gasteiger partial charge in [-0.1, -0.05) is 12.1 Å². The third kappa shape index (κ3) is 4.43. The molecule has 1 aromatic rings. The first-order chi connectivity index (χ1) is 10.1. The van der Waals surface area contributed by atoms with Crippen LogP contribution in [-0.4, -0.2) is 36.1 Å². The number of anilines is 1. The van der Waals surface area contributed by atoms with Gasteiger partial charge in [0.15, 0.2) is 0 Å². The number of aliphatic hydroxyl groups is 1. The van der Waals surface area contributed by atoms with Gasteiger partial charge in [-0.25, -0.2) is 0 Å². The van der Waals surface area contributed by atoms with E-state index in [0.717, 1.165) is 24.2 Å². The van der Waals surface area contributed by atoms with E-state index in [-0.39, 0.29) is 18.4 Å². The summed E-state index contributed by atoms with van der Waals surface area (Å²) in [6.07, 6.45) is 4.10. The molecule has 1 heterocycles. The Bertz CT molecular complexity index is 535. The van der Waals surface area contributed by atoms with Crippen molar-refractivity contribution in [3.63, 3.8) is 0 Å². The van der Waals surface area contributed by atoms with Crippen LogP contribution in [0.2, 0.25) is 0 Å². The van der Waals surface area contributed by atoms with Gasteiger partial charge in [0.1, 0.15) is 0 Å². The van der Waals surface area contributed by atoms with E-state index >= 15 is 0 Å². The van der Waals surface area contributed by atoms with E-state index in [9.17, 15) is 9.59 Å². The average Bonchev–Trinajstić information content (AvgIpc) is 2.89. The van der Waals surface area contributed by atoms with Gasteiger partial charge in [0.25, 0.3) is 0 Å². The minimum Gasteiger partial charge on any atom is -0.392 e. The van der Waals surface area contributed by atoms with E-state index in [4.69, 9.17) is 5.11 Å². The zero-order valence-electron chi connectivity index (χ0n) is 12.1. The molecule has 2 N–H and O–H groups in total. The molecule has 112 valence electrons.